The van der Waals surface area contributed by atoms with Crippen LogP contribution in [0.4, 0.5) is 5.82 Å². The van der Waals surface area contributed by atoms with E-state index in [1.54, 1.807) is 4.68 Å². The van der Waals surface area contributed by atoms with Crippen LogP contribution in [0.3, 0.4) is 0 Å². The summed E-state index contributed by atoms with van der Waals surface area (Å²) in [5, 5.41) is 17.3. The maximum Gasteiger partial charge on any atom is 0.353 e. The van der Waals surface area contributed by atoms with Gasteiger partial charge in [0, 0.05) is 30.0 Å². The zero-order valence-electron chi connectivity index (χ0n) is 13.0. The number of rotatable bonds is 6. The molecule has 0 aliphatic carbocycles. The van der Waals surface area contributed by atoms with Crippen molar-refractivity contribution in [3.8, 4) is 0 Å². The second-order valence-corrected chi connectivity index (χ2v) is 7.26. The molecule has 9 heteroatoms. The van der Waals surface area contributed by atoms with Crippen molar-refractivity contribution in [3.63, 3.8) is 0 Å². The van der Waals surface area contributed by atoms with Gasteiger partial charge < -0.3 is 15.7 Å². The molecule has 1 atom stereocenters. The van der Waals surface area contributed by atoms with Crippen LogP contribution in [-0.2, 0) is 21.9 Å². The lowest BCUT2D eigenvalue weighted by atomic mass is 10.0. The van der Waals surface area contributed by atoms with Gasteiger partial charge in [0.15, 0.2) is 5.82 Å². The molecule has 1 fully saturated rings. The number of aromatic nitrogens is 3. The predicted molar refractivity (Wildman–Crippen MR) is 85.1 cm³/mol. The molecule has 0 aromatic carbocycles. The van der Waals surface area contributed by atoms with E-state index in [-0.39, 0.29) is 17.6 Å². The average molecular weight is 337 g/mol. The van der Waals surface area contributed by atoms with E-state index < -0.39 is 5.97 Å². The second kappa shape index (κ2) is 5.88. The molecule has 1 saturated heterocycles. The number of fused-ring (bicyclic) bond motifs is 1. The molecular formula is C14H19N5O3S. The highest BCUT2D eigenvalue weighted by Gasteiger charge is 2.47. The number of carboxylic acids is 1. The number of nitrogen functional groups attached to an aromatic ring is 1. The van der Waals surface area contributed by atoms with E-state index in [4.69, 9.17) is 5.73 Å². The molecule has 1 aromatic heterocycles. The van der Waals surface area contributed by atoms with Gasteiger partial charge in [-0.05, 0) is 5.92 Å². The maximum absolute atomic E-state index is 11.6. The van der Waals surface area contributed by atoms with Gasteiger partial charge in [0.05, 0.1) is 11.7 Å². The Morgan fingerprint density at radius 2 is 2.22 bits per heavy atom. The van der Waals surface area contributed by atoms with E-state index in [0.717, 1.165) is 10.6 Å². The smallest absolute Gasteiger partial charge is 0.353 e. The normalized spacial score (nSPS) is 20.2. The highest BCUT2D eigenvalue weighted by Crippen LogP contribution is 2.44. The molecule has 124 valence electrons. The van der Waals surface area contributed by atoms with Crippen LogP contribution in [0.25, 0.3) is 0 Å². The van der Waals surface area contributed by atoms with Gasteiger partial charge in [-0.3, -0.25) is 4.79 Å². The van der Waals surface area contributed by atoms with Crippen molar-refractivity contribution in [2.24, 2.45) is 5.92 Å². The molecule has 0 saturated carbocycles. The Morgan fingerprint density at radius 3 is 2.83 bits per heavy atom. The van der Waals surface area contributed by atoms with Crippen LogP contribution < -0.4 is 5.73 Å². The van der Waals surface area contributed by atoms with Gasteiger partial charge >= 0.3 is 5.97 Å². The number of thioether (sulfide) groups is 1. The monoisotopic (exact) mass is 337 g/mol. The van der Waals surface area contributed by atoms with E-state index >= 15 is 0 Å². The number of carboxylic acid groups (broad SMARTS) is 1. The van der Waals surface area contributed by atoms with Gasteiger partial charge in [0.25, 0.3) is 0 Å². The Hall–Kier alpha value is -2.03. The third-order valence-electron chi connectivity index (χ3n) is 3.96. The number of carbonyl (C=O) groups is 2. The first-order valence-corrected chi connectivity index (χ1v) is 8.46. The first-order valence-electron chi connectivity index (χ1n) is 7.47. The van der Waals surface area contributed by atoms with Crippen molar-refractivity contribution >= 4 is 29.5 Å². The van der Waals surface area contributed by atoms with Crippen molar-refractivity contribution in [1.82, 2.24) is 19.9 Å². The SMILES string of the molecule is CC(C)Cn1nnc(N)c1CSC1=C(C(=O)O)N2C(=O)CC2C1. The maximum atomic E-state index is 11.6. The summed E-state index contributed by atoms with van der Waals surface area (Å²) in [6.07, 6.45) is 1.03. The van der Waals surface area contributed by atoms with Crippen molar-refractivity contribution in [2.75, 3.05) is 5.73 Å². The third-order valence-corrected chi connectivity index (χ3v) is 5.09. The number of aliphatic carboxylic acids is 1. The van der Waals surface area contributed by atoms with Crippen LogP contribution >= 0.6 is 11.8 Å². The number of hydrogen-bond acceptors (Lipinski definition) is 6. The fourth-order valence-electron chi connectivity index (χ4n) is 2.89. The summed E-state index contributed by atoms with van der Waals surface area (Å²) in [4.78, 5) is 25.2. The molecule has 2 aliphatic heterocycles. The van der Waals surface area contributed by atoms with Crippen molar-refractivity contribution in [1.29, 1.82) is 0 Å². The Labute approximate surface area is 137 Å². The Morgan fingerprint density at radius 1 is 1.48 bits per heavy atom. The summed E-state index contributed by atoms with van der Waals surface area (Å²) in [5.74, 6) is 0.0958. The largest absolute Gasteiger partial charge is 0.477 e. The summed E-state index contributed by atoms with van der Waals surface area (Å²) in [7, 11) is 0. The van der Waals surface area contributed by atoms with Crippen molar-refractivity contribution in [2.45, 2.75) is 45.0 Å². The van der Waals surface area contributed by atoms with Crippen LogP contribution in [0.5, 0.6) is 0 Å². The summed E-state index contributed by atoms with van der Waals surface area (Å²) in [6.45, 7) is 4.86. The molecule has 1 aromatic rings. The lowest BCUT2D eigenvalue weighted by molar-refractivity contribution is -0.147. The molecule has 23 heavy (non-hydrogen) atoms. The van der Waals surface area contributed by atoms with Crippen LogP contribution in [0.15, 0.2) is 10.6 Å². The number of nitrogens with zero attached hydrogens (tertiary/aromatic N) is 4. The van der Waals surface area contributed by atoms with E-state index in [1.807, 2.05) is 0 Å². The number of carbonyl (C=O) groups excluding carboxylic acids is 1. The highest BCUT2D eigenvalue weighted by molar-refractivity contribution is 8.02. The van der Waals surface area contributed by atoms with Crippen LogP contribution in [0.2, 0.25) is 0 Å². The molecular weight excluding hydrogens is 318 g/mol. The van der Waals surface area contributed by atoms with E-state index in [9.17, 15) is 14.7 Å². The third kappa shape index (κ3) is 2.80. The van der Waals surface area contributed by atoms with Gasteiger partial charge in [-0.15, -0.1) is 16.9 Å². The lowest BCUT2D eigenvalue weighted by Crippen LogP contribution is -2.49. The molecule has 2 aliphatic rings. The summed E-state index contributed by atoms with van der Waals surface area (Å²) in [5.41, 5.74) is 6.80. The number of hydrogen-bond donors (Lipinski definition) is 2. The molecule has 1 unspecified atom stereocenters. The van der Waals surface area contributed by atoms with Gasteiger partial charge in [-0.2, -0.15) is 0 Å². The van der Waals surface area contributed by atoms with Crippen LogP contribution in [0, 0.1) is 5.92 Å². The Kier molecular flexibility index (Phi) is 4.05. The van der Waals surface area contributed by atoms with Crippen molar-refractivity contribution < 1.29 is 14.7 Å². The van der Waals surface area contributed by atoms with Gasteiger partial charge in [-0.1, -0.05) is 19.1 Å². The first-order chi connectivity index (χ1) is 10.9. The Balaban J connectivity index is 1.78. The molecule has 0 radical (unpaired) electrons. The van der Waals surface area contributed by atoms with E-state index in [2.05, 4.69) is 24.2 Å². The quantitative estimate of drug-likeness (QED) is 0.746. The molecule has 0 bridgehead atoms. The standard InChI is InChI=1S/C14H19N5O3S/c1-7(2)5-18-9(13(15)16-17-18)6-23-10-3-8-4-11(20)19(8)12(10)14(21)22/h7-8H,3-6,15H2,1-2H3,(H,21,22). The van der Waals surface area contributed by atoms with E-state index in [1.165, 1.54) is 16.7 Å². The van der Waals surface area contributed by atoms with Gasteiger partial charge in [0.1, 0.15) is 5.70 Å². The van der Waals surface area contributed by atoms with E-state index in [0.29, 0.717) is 36.9 Å². The highest BCUT2D eigenvalue weighted by atomic mass is 32.2. The van der Waals surface area contributed by atoms with Crippen LogP contribution in [-0.4, -0.2) is 42.9 Å². The predicted octanol–water partition coefficient (Wildman–Crippen LogP) is 1.05. The minimum Gasteiger partial charge on any atom is -0.477 e. The molecule has 3 rings (SSSR count). The average Bonchev–Trinajstić information content (AvgIpc) is 2.94. The summed E-state index contributed by atoms with van der Waals surface area (Å²) < 4.78 is 1.77. The number of amides is 1. The Bertz CT molecular complexity index is 697. The summed E-state index contributed by atoms with van der Waals surface area (Å²) >= 11 is 1.41. The first kappa shape index (κ1) is 15.9. The second-order valence-electron chi connectivity index (χ2n) is 6.19. The van der Waals surface area contributed by atoms with Crippen LogP contribution in [0.1, 0.15) is 32.4 Å². The molecule has 8 nitrogen and oxygen atoms in total. The molecule has 0 spiro atoms. The van der Waals surface area contributed by atoms with Gasteiger partial charge in [0.2, 0.25) is 5.91 Å². The topological polar surface area (TPSA) is 114 Å². The minimum absolute atomic E-state index is 0.00662. The summed E-state index contributed by atoms with van der Waals surface area (Å²) in [6, 6.07) is 0.00662. The molecule has 1 amide bonds. The number of β-lactam (4-membered cyclic amide) rings is 1. The molecule has 3 heterocycles. The minimum atomic E-state index is -1.05. The zero-order valence-corrected chi connectivity index (χ0v) is 13.8. The van der Waals surface area contributed by atoms with Gasteiger partial charge in [-0.25, -0.2) is 9.48 Å². The van der Waals surface area contributed by atoms with Crippen molar-refractivity contribution in [3.05, 3.63) is 16.3 Å². The fourth-order valence-corrected chi connectivity index (χ4v) is 4.13. The number of nitrogens with two attached hydrogens (primary N) is 1. The lowest BCUT2D eigenvalue weighted by Gasteiger charge is -2.34. The number of anilines is 1. The fraction of sp³-hybridized carbons (Fsp3) is 0.571. The molecule has 3 N–H and O–H groups in total. The zero-order chi connectivity index (χ0) is 16.7.